The van der Waals surface area contributed by atoms with Gasteiger partial charge in [0, 0.05) is 23.9 Å². The number of hydrogen-bond acceptors (Lipinski definition) is 7. The highest BCUT2D eigenvalue weighted by atomic mass is 32.1. The number of rotatable bonds is 3. The predicted octanol–water partition coefficient (Wildman–Crippen LogP) is 0.471. The Morgan fingerprint density at radius 1 is 1.44 bits per heavy atom. The molecular formula is C8H8N6OS. The van der Waals surface area contributed by atoms with E-state index in [9.17, 15) is 4.79 Å². The number of hydrazine groups is 1. The van der Waals surface area contributed by atoms with Crippen LogP contribution in [0.3, 0.4) is 0 Å². The van der Waals surface area contributed by atoms with E-state index in [4.69, 9.17) is 5.84 Å². The number of carbonyl (C=O) groups excluding carboxylic acids is 1. The second kappa shape index (κ2) is 4.64. The van der Waals surface area contributed by atoms with Crippen molar-refractivity contribution >= 4 is 28.1 Å². The van der Waals surface area contributed by atoms with E-state index in [0.717, 1.165) is 11.5 Å². The summed E-state index contributed by atoms with van der Waals surface area (Å²) in [5.41, 5.74) is 3.29. The lowest BCUT2D eigenvalue weighted by Crippen LogP contribution is -2.17. The maximum Gasteiger partial charge on any atom is 0.260 e. The minimum atomic E-state index is -0.313. The van der Waals surface area contributed by atoms with Gasteiger partial charge in [-0.2, -0.15) is 0 Å². The average molecular weight is 236 g/mol. The molecule has 0 saturated heterocycles. The molecule has 0 atom stereocenters. The van der Waals surface area contributed by atoms with Gasteiger partial charge in [-0.15, -0.1) is 5.10 Å². The number of nitrogen functional groups attached to an aromatic ring is 1. The van der Waals surface area contributed by atoms with E-state index in [2.05, 4.69) is 25.3 Å². The maximum atomic E-state index is 11.8. The topological polar surface area (TPSA) is 106 Å². The van der Waals surface area contributed by atoms with Crippen LogP contribution in [0.15, 0.2) is 24.7 Å². The summed E-state index contributed by atoms with van der Waals surface area (Å²) in [6.45, 7) is 0. The molecule has 0 radical (unpaired) electrons. The first kappa shape index (κ1) is 10.5. The molecule has 0 aliphatic heterocycles. The first-order valence-electron chi connectivity index (χ1n) is 4.30. The molecule has 0 aromatic carbocycles. The zero-order valence-corrected chi connectivity index (χ0v) is 8.86. The molecule has 0 unspecified atom stereocenters. The standard InChI is InChI=1S/C8H8N6OS/c9-13-6-1-2-10-3-5(6)8(15)12-7-4-11-14-16-7/h1-4H,9H2,(H,10,13)(H,12,15). The van der Waals surface area contributed by atoms with Crippen LogP contribution in [0, 0.1) is 0 Å². The number of nitrogens with one attached hydrogen (secondary N) is 2. The molecular weight excluding hydrogens is 228 g/mol. The summed E-state index contributed by atoms with van der Waals surface area (Å²) in [6.07, 6.45) is 4.44. The Hall–Kier alpha value is -2.06. The maximum absolute atomic E-state index is 11.8. The molecule has 8 heteroatoms. The van der Waals surface area contributed by atoms with Crippen LogP contribution in [0.2, 0.25) is 0 Å². The Balaban J connectivity index is 2.21. The number of amides is 1. The monoisotopic (exact) mass is 236 g/mol. The second-order valence-corrected chi connectivity index (χ2v) is 3.59. The van der Waals surface area contributed by atoms with Crippen LogP contribution in [-0.4, -0.2) is 20.5 Å². The Kier molecular flexibility index (Phi) is 3.03. The molecule has 4 N–H and O–H groups in total. The van der Waals surface area contributed by atoms with Crippen molar-refractivity contribution < 1.29 is 4.79 Å². The van der Waals surface area contributed by atoms with Crippen LogP contribution in [0.1, 0.15) is 10.4 Å². The van der Waals surface area contributed by atoms with E-state index in [1.54, 1.807) is 12.3 Å². The Labute approximate surface area is 94.8 Å². The summed E-state index contributed by atoms with van der Waals surface area (Å²) in [5, 5.41) is 6.81. The van der Waals surface area contributed by atoms with Crippen LogP contribution < -0.4 is 16.6 Å². The van der Waals surface area contributed by atoms with E-state index < -0.39 is 0 Å². The van der Waals surface area contributed by atoms with Gasteiger partial charge in [0.15, 0.2) is 0 Å². The van der Waals surface area contributed by atoms with E-state index in [1.165, 1.54) is 12.4 Å². The molecule has 2 aromatic rings. The molecule has 2 rings (SSSR count). The largest absolute Gasteiger partial charge is 0.323 e. The van der Waals surface area contributed by atoms with Crippen LogP contribution in [0.5, 0.6) is 0 Å². The molecule has 1 amide bonds. The van der Waals surface area contributed by atoms with Crippen molar-refractivity contribution in [3.05, 3.63) is 30.2 Å². The van der Waals surface area contributed by atoms with E-state index in [-0.39, 0.29) is 5.91 Å². The fraction of sp³-hybridized carbons (Fsp3) is 0. The molecule has 82 valence electrons. The fourth-order valence-electron chi connectivity index (χ4n) is 1.10. The first-order chi connectivity index (χ1) is 7.81. The van der Waals surface area contributed by atoms with Gasteiger partial charge in [0.1, 0.15) is 5.00 Å². The molecule has 0 aliphatic carbocycles. The summed E-state index contributed by atoms with van der Waals surface area (Å²) >= 11 is 1.09. The number of nitrogens with zero attached hydrogens (tertiary/aromatic N) is 3. The molecule has 0 bridgehead atoms. The van der Waals surface area contributed by atoms with Crippen molar-refractivity contribution in [1.82, 2.24) is 14.6 Å². The van der Waals surface area contributed by atoms with Gasteiger partial charge in [-0.3, -0.25) is 15.6 Å². The lowest BCUT2D eigenvalue weighted by Gasteiger charge is -2.06. The summed E-state index contributed by atoms with van der Waals surface area (Å²) in [5.74, 6) is 4.97. The molecule has 2 aromatic heterocycles. The number of hydrogen-bond donors (Lipinski definition) is 3. The van der Waals surface area contributed by atoms with Gasteiger partial charge in [-0.05, 0) is 6.07 Å². The van der Waals surface area contributed by atoms with Crippen molar-refractivity contribution in [2.45, 2.75) is 0 Å². The zero-order valence-electron chi connectivity index (χ0n) is 8.04. The smallest absolute Gasteiger partial charge is 0.260 e. The van der Waals surface area contributed by atoms with Gasteiger partial charge >= 0.3 is 0 Å². The molecule has 7 nitrogen and oxygen atoms in total. The predicted molar refractivity (Wildman–Crippen MR) is 59.9 cm³/mol. The highest BCUT2D eigenvalue weighted by Crippen LogP contribution is 2.16. The molecule has 16 heavy (non-hydrogen) atoms. The van der Waals surface area contributed by atoms with Crippen molar-refractivity contribution in [2.24, 2.45) is 5.84 Å². The number of carbonyl (C=O) groups is 1. The second-order valence-electron chi connectivity index (χ2n) is 2.80. The fourth-order valence-corrected chi connectivity index (χ4v) is 1.52. The van der Waals surface area contributed by atoms with Crippen LogP contribution >= 0.6 is 11.5 Å². The van der Waals surface area contributed by atoms with Crippen LogP contribution in [0.4, 0.5) is 10.7 Å². The molecule has 0 fully saturated rings. The minimum absolute atomic E-state index is 0.313. The SMILES string of the molecule is NNc1ccncc1C(=O)Nc1cnns1. The molecule has 0 saturated carbocycles. The third-order valence-corrected chi connectivity index (χ3v) is 2.40. The van der Waals surface area contributed by atoms with Gasteiger partial charge in [0.2, 0.25) is 0 Å². The van der Waals surface area contributed by atoms with E-state index >= 15 is 0 Å². The summed E-state index contributed by atoms with van der Waals surface area (Å²) < 4.78 is 3.63. The highest BCUT2D eigenvalue weighted by Gasteiger charge is 2.11. The Bertz CT molecular complexity index is 485. The van der Waals surface area contributed by atoms with Crippen molar-refractivity contribution in [3.63, 3.8) is 0 Å². The number of pyridine rings is 1. The average Bonchev–Trinajstić information content (AvgIpc) is 2.81. The third-order valence-electron chi connectivity index (χ3n) is 1.82. The number of anilines is 2. The normalized spacial score (nSPS) is 9.81. The van der Waals surface area contributed by atoms with E-state index in [0.29, 0.717) is 16.3 Å². The minimum Gasteiger partial charge on any atom is -0.323 e. The Morgan fingerprint density at radius 2 is 2.31 bits per heavy atom. The van der Waals surface area contributed by atoms with Crippen LogP contribution in [-0.2, 0) is 0 Å². The third kappa shape index (κ3) is 2.12. The number of nitrogens with two attached hydrogens (primary N) is 1. The first-order valence-corrected chi connectivity index (χ1v) is 5.08. The summed E-state index contributed by atoms with van der Waals surface area (Å²) in [7, 11) is 0. The zero-order chi connectivity index (χ0) is 11.4. The summed E-state index contributed by atoms with van der Waals surface area (Å²) in [6, 6.07) is 1.61. The van der Waals surface area contributed by atoms with Crippen molar-refractivity contribution in [1.29, 1.82) is 0 Å². The molecule has 0 spiro atoms. The van der Waals surface area contributed by atoms with Gasteiger partial charge in [0.25, 0.3) is 5.91 Å². The van der Waals surface area contributed by atoms with E-state index in [1.807, 2.05) is 0 Å². The number of aromatic nitrogens is 3. The van der Waals surface area contributed by atoms with Gasteiger partial charge in [-0.1, -0.05) is 4.49 Å². The quantitative estimate of drug-likeness (QED) is 0.528. The van der Waals surface area contributed by atoms with Crippen molar-refractivity contribution in [3.8, 4) is 0 Å². The van der Waals surface area contributed by atoms with Gasteiger partial charge in [-0.25, -0.2) is 0 Å². The molecule has 2 heterocycles. The highest BCUT2D eigenvalue weighted by molar-refractivity contribution is 7.10. The lowest BCUT2D eigenvalue weighted by atomic mass is 10.2. The Morgan fingerprint density at radius 3 is 3.00 bits per heavy atom. The van der Waals surface area contributed by atoms with Gasteiger partial charge in [0.05, 0.1) is 17.4 Å². The van der Waals surface area contributed by atoms with Crippen LogP contribution in [0.25, 0.3) is 0 Å². The lowest BCUT2D eigenvalue weighted by molar-refractivity contribution is 0.102. The molecule has 0 aliphatic rings. The van der Waals surface area contributed by atoms with Crippen molar-refractivity contribution in [2.75, 3.05) is 10.7 Å². The van der Waals surface area contributed by atoms with Gasteiger partial charge < -0.3 is 10.7 Å². The summed E-state index contributed by atoms with van der Waals surface area (Å²) in [4.78, 5) is 15.7.